The molecule has 122 valence electrons. The maximum atomic E-state index is 12.7. The maximum absolute atomic E-state index is 12.7. The highest BCUT2D eigenvalue weighted by atomic mass is 16.1. The van der Waals surface area contributed by atoms with E-state index in [-0.39, 0.29) is 5.91 Å². The molecule has 0 radical (unpaired) electrons. The van der Waals surface area contributed by atoms with Crippen molar-refractivity contribution in [3.8, 4) is 11.3 Å². The lowest BCUT2D eigenvalue weighted by atomic mass is 10.0. The van der Waals surface area contributed by atoms with Crippen LogP contribution in [0.15, 0.2) is 54.9 Å². The summed E-state index contributed by atoms with van der Waals surface area (Å²) in [6.07, 6.45) is 3.46. The zero-order valence-corrected chi connectivity index (χ0v) is 13.9. The predicted octanol–water partition coefficient (Wildman–Crippen LogP) is 1.17. The number of hydrogen-bond donors (Lipinski definition) is 2. The van der Waals surface area contributed by atoms with E-state index in [4.69, 9.17) is 0 Å². The molecule has 0 bridgehead atoms. The van der Waals surface area contributed by atoms with Gasteiger partial charge >= 0.3 is 0 Å². The van der Waals surface area contributed by atoms with Crippen molar-refractivity contribution < 1.29 is 9.69 Å². The van der Waals surface area contributed by atoms with Crippen LogP contribution in [-0.2, 0) is 0 Å². The summed E-state index contributed by atoms with van der Waals surface area (Å²) in [5.74, 6) is -0.0647. The number of carbonyl (C=O) groups excluding carboxylic acids is 1. The fourth-order valence-corrected chi connectivity index (χ4v) is 2.56. The van der Waals surface area contributed by atoms with Gasteiger partial charge in [-0.1, -0.05) is 18.2 Å². The zero-order valence-electron chi connectivity index (χ0n) is 13.9. The van der Waals surface area contributed by atoms with Crippen LogP contribution in [0.25, 0.3) is 22.2 Å². The lowest BCUT2D eigenvalue weighted by molar-refractivity contribution is -0.856. The van der Waals surface area contributed by atoms with Gasteiger partial charge in [0.05, 0.1) is 44.0 Å². The van der Waals surface area contributed by atoms with Gasteiger partial charge in [0.2, 0.25) is 0 Å². The summed E-state index contributed by atoms with van der Waals surface area (Å²) in [6.45, 7) is 1.52. The molecule has 3 aromatic rings. The molecule has 0 atom stereocenters. The number of nitrogens with one attached hydrogen (secondary N) is 2. The monoisotopic (exact) mass is 321 g/mol. The number of nitrogens with zero attached hydrogens (tertiary/aromatic N) is 2. The fraction of sp³-hybridized carbons (Fsp3) is 0.211. The number of hydrogen-bond acceptors (Lipinski definition) is 3. The molecule has 1 aromatic carbocycles. The third-order valence-corrected chi connectivity index (χ3v) is 3.85. The van der Waals surface area contributed by atoms with Crippen LogP contribution in [0.4, 0.5) is 0 Å². The van der Waals surface area contributed by atoms with Crippen LogP contribution in [0.1, 0.15) is 10.4 Å². The van der Waals surface area contributed by atoms with Gasteiger partial charge in [0.15, 0.2) is 0 Å². The number of para-hydroxylation sites is 1. The van der Waals surface area contributed by atoms with Crippen molar-refractivity contribution in [3.63, 3.8) is 0 Å². The van der Waals surface area contributed by atoms with E-state index in [9.17, 15) is 4.79 Å². The molecule has 2 N–H and O–H groups in total. The molecule has 3 rings (SSSR count). The molecule has 0 fully saturated rings. The summed E-state index contributed by atoms with van der Waals surface area (Å²) >= 11 is 0. The molecule has 2 aromatic heterocycles. The summed E-state index contributed by atoms with van der Waals surface area (Å²) in [5.41, 5.74) is 3.19. The maximum Gasteiger partial charge on any atom is 0.252 e. The molecule has 0 aliphatic carbocycles. The lowest BCUT2D eigenvalue weighted by Gasteiger charge is -2.11. The molecular weight excluding hydrogens is 300 g/mol. The Hall–Kier alpha value is -2.79. The number of benzene rings is 1. The number of aromatic nitrogens is 2. The standard InChI is InChI=1S/C19H20N4O/c1-23(2)12-11-21-19(24)16-13-18(14-7-9-20-10-8-14)22-17-6-4-3-5-15(16)17/h3-10,13H,11-12H2,1-2H3,(H,21,24)/p+1. The highest BCUT2D eigenvalue weighted by Crippen LogP contribution is 2.24. The zero-order chi connectivity index (χ0) is 16.9. The Morgan fingerprint density at radius 2 is 1.88 bits per heavy atom. The van der Waals surface area contributed by atoms with Crippen molar-refractivity contribution in [1.82, 2.24) is 15.3 Å². The first kappa shape index (κ1) is 16.1. The lowest BCUT2D eigenvalue weighted by Crippen LogP contribution is -3.06. The summed E-state index contributed by atoms with van der Waals surface area (Å²) in [5, 5.41) is 3.87. The number of pyridine rings is 2. The molecule has 24 heavy (non-hydrogen) atoms. The number of likely N-dealkylation sites (N-methyl/N-ethyl adjacent to an activating group) is 1. The van der Waals surface area contributed by atoms with Gasteiger partial charge in [-0.2, -0.15) is 0 Å². The normalized spacial score (nSPS) is 11.0. The van der Waals surface area contributed by atoms with Gasteiger partial charge in [-0.25, -0.2) is 4.98 Å². The van der Waals surface area contributed by atoms with Gasteiger partial charge in [-0.15, -0.1) is 0 Å². The van der Waals surface area contributed by atoms with Crippen molar-refractivity contribution in [1.29, 1.82) is 0 Å². The van der Waals surface area contributed by atoms with Crippen LogP contribution in [0, 0.1) is 0 Å². The van der Waals surface area contributed by atoms with Gasteiger partial charge in [-0.05, 0) is 24.3 Å². The highest BCUT2D eigenvalue weighted by Gasteiger charge is 2.13. The van der Waals surface area contributed by atoms with E-state index >= 15 is 0 Å². The minimum absolute atomic E-state index is 0.0647. The highest BCUT2D eigenvalue weighted by molar-refractivity contribution is 6.07. The van der Waals surface area contributed by atoms with Crippen LogP contribution in [0.3, 0.4) is 0 Å². The van der Waals surface area contributed by atoms with Gasteiger partial charge in [-0.3, -0.25) is 9.78 Å². The first-order chi connectivity index (χ1) is 11.6. The molecule has 0 aliphatic heterocycles. The second-order valence-electron chi connectivity index (χ2n) is 6.02. The van der Waals surface area contributed by atoms with Crippen LogP contribution in [0.2, 0.25) is 0 Å². The topological polar surface area (TPSA) is 59.3 Å². The summed E-state index contributed by atoms with van der Waals surface area (Å²) < 4.78 is 0. The summed E-state index contributed by atoms with van der Waals surface area (Å²) in [7, 11) is 4.13. The minimum Gasteiger partial charge on any atom is -0.346 e. The van der Waals surface area contributed by atoms with Crippen molar-refractivity contribution in [2.45, 2.75) is 0 Å². The molecule has 1 amide bonds. The smallest absolute Gasteiger partial charge is 0.252 e. The predicted molar refractivity (Wildman–Crippen MR) is 95.0 cm³/mol. The number of quaternary nitrogens is 1. The van der Waals surface area contributed by atoms with Gasteiger partial charge in [0.1, 0.15) is 0 Å². The van der Waals surface area contributed by atoms with Crippen LogP contribution < -0.4 is 10.2 Å². The number of carbonyl (C=O) groups is 1. The molecule has 0 unspecified atom stereocenters. The molecule has 0 aliphatic rings. The van der Waals surface area contributed by atoms with Crippen LogP contribution in [0.5, 0.6) is 0 Å². The Morgan fingerprint density at radius 3 is 2.62 bits per heavy atom. The summed E-state index contributed by atoms with van der Waals surface area (Å²) in [4.78, 5) is 22.7. The molecule has 5 heteroatoms. The van der Waals surface area contributed by atoms with E-state index in [1.54, 1.807) is 12.4 Å². The van der Waals surface area contributed by atoms with Gasteiger partial charge in [0.25, 0.3) is 5.91 Å². The Morgan fingerprint density at radius 1 is 1.12 bits per heavy atom. The third-order valence-electron chi connectivity index (χ3n) is 3.85. The van der Waals surface area contributed by atoms with Crippen molar-refractivity contribution in [2.75, 3.05) is 27.2 Å². The van der Waals surface area contributed by atoms with Crippen molar-refractivity contribution in [3.05, 3.63) is 60.4 Å². The van der Waals surface area contributed by atoms with E-state index in [1.165, 1.54) is 4.90 Å². The molecule has 2 heterocycles. The Labute approximate surface area is 141 Å². The first-order valence-corrected chi connectivity index (χ1v) is 8.02. The van der Waals surface area contributed by atoms with E-state index in [0.717, 1.165) is 28.7 Å². The summed E-state index contributed by atoms with van der Waals surface area (Å²) in [6, 6.07) is 13.4. The van der Waals surface area contributed by atoms with Crippen LogP contribution >= 0.6 is 0 Å². The molecule has 0 spiro atoms. The number of rotatable bonds is 5. The number of amides is 1. The van der Waals surface area contributed by atoms with E-state index < -0.39 is 0 Å². The Bertz CT molecular complexity index is 846. The minimum atomic E-state index is -0.0647. The quantitative estimate of drug-likeness (QED) is 0.742. The van der Waals surface area contributed by atoms with E-state index in [0.29, 0.717) is 12.1 Å². The van der Waals surface area contributed by atoms with Crippen molar-refractivity contribution >= 4 is 16.8 Å². The Kier molecular flexibility index (Phi) is 4.82. The third kappa shape index (κ3) is 3.58. The van der Waals surface area contributed by atoms with Crippen molar-refractivity contribution in [2.24, 2.45) is 0 Å². The average Bonchev–Trinajstić information content (AvgIpc) is 2.61. The second-order valence-corrected chi connectivity index (χ2v) is 6.02. The average molecular weight is 321 g/mol. The van der Waals surface area contributed by atoms with E-state index in [1.807, 2.05) is 42.5 Å². The second kappa shape index (κ2) is 7.19. The first-order valence-electron chi connectivity index (χ1n) is 8.02. The molecular formula is C19H21N4O+. The molecule has 0 saturated carbocycles. The van der Waals surface area contributed by atoms with Gasteiger partial charge < -0.3 is 10.2 Å². The largest absolute Gasteiger partial charge is 0.346 e. The van der Waals surface area contributed by atoms with E-state index in [2.05, 4.69) is 29.4 Å². The SMILES string of the molecule is C[NH+](C)CCNC(=O)c1cc(-c2ccncc2)nc2ccccc12. The Balaban J connectivity index is 2.00. The van der Waals surface area contributed by atoms with Crippen LogP contribution in [-0.4, -0.2) is 43.1 Å². The fourth-order valence-electron chi connectivity index (χ4n) is 2.56. The number of fused-ring (bicyclic) bond motifs is 1. The molecule has 0 saturated heterocycles. The van der Waals surface area contributed by atoms with Gasteiger partial charge in [0, 0.05) is 23.3 Å². The molecule has 5 nitrogen and oxygen atoms in total.